The van der Waals surface area contributed by atoms with E-state index in [2.05, 4.69) is 16.0 Å². The van der Waals surface area contributed by atoms with Gasteiger partial charge >= 0.3 is 5.97 Å². The number of rotatable bonds is 26. The summed E-state index contributed by atoms with van der Waals surface area (Å²) in [5.41, 5.74) is 6.41. The topological polar surface area (TPSA) is 202 Å². The third-order valence-corrected chi connectivity index (χ3v) is 12.9. The smallest absolute Gasteiger partial charge is 0.323 e. The number of carbonyl (C=O) groups excluding carboxylic acids is 6. The molecule has 2 rings (SSSR count). The maximum absolute atomic E-state index is 14.4. The fourth-order valence-electron chi connectivity index (χ4n) is 8.80. The van der Waals surface area contributed by atoms with E-state index in [-0.39, 0.29) is 67.4 Å². The Hall–Kier alpha value is -4.12. The van der Waals surface area contributed by atoms with Crippen molar-refractivity contribution in [2.45, 2.75) is 156 Å². The molecule has 16 heteroatoms. The summed E-state index contributed by atoms with van der Waals surface area (Å²) in [6.07, 6.45) is 1.21. The molecule has 1 fully saturated rings. The normalized spacial score (nSPS) is 18.5. The van der Waals surface area contributed by atoms with E-state index in [1.165, 1.54) is 7.11 Å². The van der Waals surface area contributed by atoms with Crippen LogP contribution in [0, 0.1) is 29.1 Å². The van der Waals surface area contributed by atoms with Crippen LogP contribution >= 0.6 is 0 Å². The van der Waals surface area contributed by atoms with Crippen LogP contribution in [-0.2, 0) is 49.4 Å². The Morgan fingerprint density at radius 2 is 1.51 bits per heavy atom. The van der Waals surface area contributed by atoms with Crippen molar-refractivity contribution in [1.29, 1.82) is 0 Å². The first-order valence-electron chi connectivity index (χ1n) is 23.6. The average Bonchev–Trinajstić information content (AvgIpc) is 3.73. The van der Waals surface area contributed by atoms with Gasteiger partial charge in [0, 0.05) is 40.8 Å². The van der Waals surface area contributed by atoms with Gasteiger partial charge in [-0.2, -0.15) is 0 Å². The number of hydrogen-bond acceptors (Lipinski definition) is 11. The number of methoxy groups -OCH3 is 2. The highest BCUT2D eigenvalue weighted by molar-refractivity contribution is 5.91. The molecule has 0 bridgehead atoms. The van der Waals surface area contributed by atoms with Crippen LogP contribution in [-0.4, -0.2) is 154 Å². The second-order valence-corrected chi connectivity index (χ2v) is 19.9. The molecule has 0 saturated carbocycles. The summed E-state index contributed by atoms with van der Waals surface area (Å²) in [5.74, 6) is -2.95. The lowest BCUT2D eigenvalue weighted by atomic mass is 9.87. The number of ether oxygens (including phenoxy) is 3. The molecule has 1 aromatic rings. The van der Waals surface area contributed by atoms with Crippen LogP contribution in [0.2, 0.25) is 0 Å². The molecule has 0 aliphatic carbocycles. The van der Waals surface area contributed by atoms with Crippen molar-refractivity contribution in [3.05, 3.63) is 35.9 Å². The third-order valence-electron chi connectivity index (χ3n) is 12.9. The number of nitrogens with zero attached hydrogens (tertiary/aromatic N) is 3. The summed E-state index contributed by atoms with van der Waals surface area (Å²) in [5, 5.41) is 8.87. The van der Waals surface area contributed by atoms with Gasteiger partial charge in [0.15, 0.2) is 0 Å². The first-order chi connectivity index (χ1) is 30.4. The lowest BCUT2D eigenvalue weighted by Gasteiger charge is -2.41. The number of likely N-dealkylation sites (N-methyl/N-ethyl adjacent to an activating group) is 2. The lowest BCUT2D eigenvalue weighted by molar-refractivity contribution is -0.148. The van der Waals surface area contributed by atoms with Crippen molar-refractivity contribution >= 4 is 35.5 Å². The highest BCUT2D eigenvalue weighted by Crippen LogP contribution is 2.30. The van der Waals surface area contributed by atoms with Crippen molar-refractivity contribution < 1.29 is 43.0 Å². The van der Waals surface area contributed by atoms with E-state index >= 15 is 0 Å². The molecule has 1 aliphatic rings. The van der Waals surface area contributed by atoms with Gasteiger partial charge in [0.1, 0.15) is 18.1 Å². The van der Waals surface area contributed by atoms with E-state index in [1.54, 1.807) is 30.9 Å². The Bertz CT molecular complexity index is 1660. The number of amides is 5. The molecule has 16 nitrogen and oxygen atoms in total. The number of esters is 1. The first-order valence-corrected chi connectivity index (χ1v) is 23.6. The zero-order valence-corrected chi connectivity index (χ0v) is 42.3. The highest BCUT2D eigenvalue weighted by Gasteiger charge is 2.43. The minimum Gasteiger partial charge on any atom is -0.464 e. The Morgan fingerprint density at radius 1 is 0.877 bits per heavy atom. The SMILES string of the molecule is CCC(C)C(C(CC(=O)N1CCCC1C(OC)C(C)C(=O)NC(Cc1ccccc1)C(=O)NCCCOC(=O)C(N)C(C)(C)C)OC)N(C)C(=O)C(NC(=O)C(C(C)C)N(C)C)C(C)C. The van der Waals surface area contributed by atoms with Crippen molar-refractivity contribution in [2.75, 3.05) is 55.1 Å². The summed E-state index contributed by atoms with van der Waals surface area (Å²) in [4.78, 5) is 87.6. The van der Waals surface area contributed by atoms with Gasteiger partial charge in [-0.1, -0.05) is 106 Å². The molecule has 0 spiro atoms. The molecule has 370 valence electrons. The van der Waals surface area contributed by atoms with Crippen molar-refractivity contribution in [3.63, 3.8) is 0 Å². The number of hydrogen-bond donors (Lipinski definition) is 4. The molecule has 1 aliphatic heterocycles. The minimum absolute atomic E-state index is 0.0205. The maximum Gasteiger partial charge on any atom is 0.323 e. The Balaban J connectivity index is 2.25. The van der Waals surface area contributed by atoms with Gasteiger partial charge in [-0.25, -0.2) is 0 Å². The fraction of sp³-hybridized carbons (Fsp3) is 0.755. The van der Waals surface area contributed by atoms with Gasteiger partial charge in [-0.15, -0.1) is 0 Å². The number of likely N-dealkylation sites (tertiary alicyclic amines) is 1. The summed E-state index contributed by atoms with van der Waals surface area (Å²) >= 11 is 0. The van der Waals surface area contributed by atoms with Gasteiger partial charge in [-0.3, -0.25) is 33.7 Å². The molecule has 5 N–H and O–H groups in total. The molecule has 10 atom stereocenters. The molecule has 0 aromatic heterocycles. The van der Waals surface area contributed by atoms with E-state index in [1.807, 2.05) is 112 Å². The maximum atomic E-state index is 14.4. The van der Waals surface area contributed by atoms with Crippen LogP contribution in [0.5, 0.6) is 0 Å². The van der Waals surface area contributed by atoms with Crippen LogP contribution in [0.15, 0.2) is 30.3 Å². The Morgan fingerprint density at radius 3 is 2.03 bits per heavy atom. The van der Waals surface area contributed by atoms with Crippen molar-refractivity contribution in [3.8, 4) is 0 Å². The quantitative estimate of drug-likeness (QED) is 0.0779. The predicted molar refractivity (Wildman–Crippen MR) is 253 cm³/mol. The van der Waals surface area contributed by atoms with E-state index in [0.717, 1.165) is 5.56 Å². The zero-order chi connectivity index (χ0) is 49.3. The Kier molecular flexibility index (Phi) is 23.6. The number of benzene rings is 1. The van der Waals surface area contributed by atoms with E-state index in [0.29, 0.717) is 32.2 Å². The number of carbonyl (C=O) groups is 6. The first kappa shape index (κ1) is 57.0. The van der Waals surface area contributed by atoms with Crippen LogP contribution in [0.1, 0.15) is 107 Å². The Labute approximate surface area is 390 Å². The molecule has 10 unspecified atom stereocenters. The van der Waals surface area contributed by atoms with Gasteiger partial charge in [0.25, 0.3) is 0 Å². The lowest BCUT2D eigenvalue weighted by Crippen LogP contribution is -2.59. The second-order valence-electron chi connectivity index (χ2n) is 19.9. The second kappa shape index (κ2) is 26.9. The van der Waals surface area contributed by atoms with E-state index in [4.69, 9.17) is 19.9 Å². The van der Waals surface area contributed by atoms with Gasteiger partial charge in [0.05, 0.1) is 49.3 Å². The standard InChI is InChI=1S/C49H85N7O9/c1-16-32(6)41(55(13)47(61)39(30(2)3)53-46(60)40(31(4)5)54(11)12)37(63-14)29-38(57)56-26-20-24-36(56)42(64-15)33(7)44(58)52-35(28-34-22-18-17-19-23-34)45(59)51-25-21-27-65-48(62)43(50)49(8,9)10/h17-19,22-23,30-33,35-37,39-43H,16,20-21,24-29,50H2,1-15H3,(H,51,59)(H,52,58)(H,53,60). The summed E-state index contributed by atoms with van der Waals surface area (Å²) in [6.45, 7) is 19.9. The van der Waals surface area contributed by atoms with Crippen LogP contribution < -0.4 is 21.7 Å². The van der Waals surface area contributed by atoms with Gasteiger partial charge < -0.3 is 45.7 Å². The molecule has 1 saturated heterocycles. The van der Waals surface area contributed by atoms with Crippen LogP contribution in [0.4, 0.5) is 0 Å². The molecule has 1 heterocycles. The minimum atomic E-state index is -0.920. The zero-order valence-electron chi connectivity index (χ0n) is 42.3. The summed E-state index contributed by atoms with van der Waals surface area (Å²) in [7, 11) is 8.48. The molecular weight excluding hydrogens is 831 g/mol. The van der Waals surface area contributed by atoms with Crippen LogP contribution in [0.3, 0.4) is 0 Å². The molecule has 1 aromatic carbocycles. The third kappa shape index (κ3) is 16.6. The van der Waals surface area contributed by atoms with Crippen molar-refractivity contribution in [1.82, 2.24) is 30.7 Å². The molecule has 0 radical (unpaired) electrons. The predicted octanol–water partition coefficient (Wildman–Crippen LogP) is 3.78. The van der Waals surface area contributed by atoms with Gasteiger partial charge in [0.2, 0.25) is 29.5 Å². The van der Waals surface area contributed by atoms with Gasteiger partial charge in [-0.05, 0) is 62.1 Å². The van der Waals surface area contributed by atoms with Crippen molar-refractivity contribution in [2.24, 2.45) is 34.8 Å². The van der Waals surface area contributed by atoms with E-state index < -0.39 is 71.7 Å². The number of nitrogens with two attached hydrogens (primary N) is 1. The highest BCUT2D eigenvalue weighted by atomic mass is 16.5. The number of nitrogens with one attached hydrogen (secondary N) is 3. The fourth-order valence-corrected chi connectivity index (χ4v) is 8.80. The largest absolute Gasteiger partial charge is 0.464 e. The molecular formula is C49H85N7O9. The average molecular weight is 916 g/mol. The molecule has 5 amide bonds. The van der Waals surface area contributed by atoms with E-state index in [9.17, 15) is 28.8 Å². The monoisotopic (exact) mass is 916 g/mol. The summed E-state index contributed by atoms with van der Waals surface area (Å²) < 4.78 is 17.4. The molecule has 65 heavy (non-hydrogen) atoms. The summed E-state index contributed by atoms with van der Waals surface area (Å²) in [6, 6.07) is 5.54. The van der Waals surface area contributed by atoms with Crippen LogP contribution in [0.25, 0.3) is 0 Å².